The van der Waals surface area contributed by atoms with Gasteiger partial charge in [-0.05, 0) is 48.4 Å². The van der Waals surface area contributed by atoms with Crippen LogP contribution < -0.4 is 14.9 Å². The minimum absolute atomic E-state index is 0.185. The molecule has 0 aromatic heterocycles. The lowest BCUT2D eigenvalue weighted by Crippen LogP contribution is -2.29. The summed E-state index contributed by atoms with van der Waals surface area (Å²) in [6.45, 7) is 4.29. The topological polar surface area (TPSA) is 95.6 Å². The summed E-state index contributed by atoms with van der Waals surface area (Å²) >= 11 is 0. The summed E-state index contributed by atoms with van der Waals surface area (Å²) in [4.78, 5) is 25.4. The minimum Gasteiger partial charge on any atom is -0.352 e. The van der Waals surface area contributed by atoms with E-state index in [1.54, 1.807) is 30.3 Å². The molecule has 7 nitrogen and oxygen atoms in total. The molecule has 0 heterocycles. The molecule has 0 fully saturated rings. The average molecular weight is 498 g/mol. The van der Waals surface area contributed by atoms with Gasteiger partial charge in [0.1, 0.15) is 5.82 Å². The highest BCUT2D eigenvalue weighted by atomic mass is 32.2. The Hall–Kier alpha value is -3.72. The van der Waals surface area contributed by atoms with Gasteiger partial charge in [-0.3, -0.25) is 13.9 Å². The molecule has 2 amide bonds. The molecule has 0 unspecified atom stereocenters. The number of hydrogen-bond acceptors (Lipinski definition) is 4. The summed E-state index contributed by atoms with van der Waals surface area (Å²) in [5.74, 6) is -0.972. The van der Waals surface area contributed by atoms with Crippen LogP contribution in [0.5, 0.6) is 0 Å². The zero-order chi connectivity index (χ0) is 25.6. The molecule has 0 aliphatic heterocycles. The number of rotatable bonds is 9. The summed E-state index contributed by atoms with van der Waals surface area (Å²) in [5, 5.41) is 5.57. The van der Waals surface area contributed by atoms with E-state index >= 15 is 0 Å². The molecular weight excluding hydrogens is 469 g/mol. The Labute approximate surface area is 205 Å². The number of para-hydroxylation sites is 1. The van der Waals surface area contributed by atoms with Gasteiger partial charge in [0.15, 0.2) is 0 Å². The van der Waals surface area contributed by atoms with Gasteiger partial charge in [0.2, 0.25) is 10.0 Å². The van der Waals surface area contributed by atoms with Crippen LogP contribution in [0, 0.1) is 11.7 Å². The number of carbonyl (C=O) groups is 2. The Bertz CT molecular complexity index is 1310. The van der Waals surface area contributed by atoms with E-state index in [1.807, 2.05) is 13.8 Å². The molecule has 3 rings (SSSR count). The van der Waals surface area contributed by atoms with Crippen molar-refractivity contribution in [2.45, 2.75) is 20.4 Å². The molecule has 184 valence electrons. The van der Waals surface area contributed by atoms with E-state index in [0.717, 1.165) is 10.6 Å². The van der Waals surface area contributed by atoms with Gasteiger partial charge in [-0.15, -0.1) is 0 Å². The van der Waals surface area contributed by atoms with Gasteiger partial charge in [-0.2, -0.15) is 0 Å². The first-order chi connectivity index (χ1) is 16.6. The van der Waals surface area contributed by atoms with E-state index in [4.69, 9.17) is 0 Å². The van der Waals surface area contributed by atoms with Crippen LogP contribution >= 0.6 is 0 Å². The maximum atomic E-state index is 14.1. The molecule has 0 aliphatic rings. The number of amides is 2. The summed E-state index contributed by atoms with van der Waals surface area (Å²) in [6, 6.07) is 18.6. The van der Waals surface area contributed by atoms with Crippen molar-refractivity contribution >= 4 is 33.2 Å². The number of hydrogen-bond donors (Lipinski definition) is 2. The van der Waals surface area contributed by atoms with E-state index in [0.29, 0.717) is 23.5 Å². The van der Waals surface area contributed by atoms with E-state index in [9.17, 15) is 22.4 Å². The number of nitrogens with one attached hydrogen (secondary N) is 2. The number of benzene rings is 3. The van der Waals surface area contributed by atoms with Crippen molar-refractivity contribution in [3.05, 3.63) is 95.3 Å². The van der Waals surface area contributed by atoms with Crippen molar-refractivity contribution in [3.8, 4) is 0 Å². The maximum absolute atomic E-state index is 14.1. The summed E-state index contributed by atoms with van der Waals surface area (Å²) < 4.78 is 40.0. The lowest BCUT2D eigenvalue weighted by molar-refractivity contribution is 0.0950. The van der Waals surface area contributed by atoms with E-state index in [1.165, 1.54) is 42.5 Å². The minimum atomic E-state index is -3.72. The quantitative estimate of drug-likeness (QED) is 0.457. The van der Waals surface area contributed by atoms with Crippen molar-refractivity contribution in [2.75, 3.05) is 22.4 Å². The van der Waals surface area contributed by atoms with Crippen molar-refractivity contribution in [1.29, 1.82) is 0 Å². The predicted octanol–water partition coefficient (Wildman–Crippen LogP) is 4.43. The third-order valence-corrected chi connectivity index (χ3v) is 6.32. The normalized spacial score (nSPS) is 11.2. The van der Waals surface area contributed by atoms with E-state index in [2.05, 4.69) is 10.6 Å². The lowest BCUT2D eigenvalue weighted by Gasteiger charge is -2.23. The number of nitrogens with zero attached hydrogens (tertiary/aromatic N) is 1. The van der Waals surface area contributed by atoms with Gasteiger partial charge >= 0.3 is 0 Å². The Morgan fingerprint density at radius 3 is 2.17 bits per heavy atom. The first kappa shape index (κ1) is 25.9. The molecule has 0 bridgehead atoms. The van der Waals surface area contributed by atoms with Crippen LogP contribution in [-0.2, 0) is 16.6 Å². The van der Waals surface area contributed by atoms with Crippen molar-refractivity contribution in [2.24, 2.45) is 5.92 Å². The largest absolute Gasteiger partial charge is 0.352 e. The molecule has 0 saturated carbocycles. The lowest BCUT2D eigenvalue weighted by atomic mass is 10.1. The van der Waals surface area contributed by atoms with Crippen molar-refractivity contribution in [1.82, 2.24) is 5.32 Å². The fourth-order valence-corrected chi connectivity index (χ4v) is 4.22. The van der Waals surface area contributed by atoms with Crippen molar-refractivity contribution < 1.29 is 22.4 Å². The standard InChI is InChI=1S/C26H28FN3O4S/c1-18(2)16-28-26(32)22-9-5-7-11-24(22)29-25(31)19-12-14-21(15-13-19)30(35(3,33)34)17-20-8-4-6-10-23(20)27/h4-15,18H,16-17H2,1-3H3,(H,28,32)(H,29,31). The van der Waals surface area contributed by atoms with Crippen LogP contribution in [0.15, 0.2) is 72.8 Å². The zero-order valence-corrected chi connectivity index (χ0v) is 20.6. The maximum Gasteiger partial charge on any atom is 0.255 e. The van der Waals surface area contributed by atoms with Gasteiger partial charge in [0.25, 0.3) is 11.8 Å². The van der Waals surface area contributed by atoms with E-state index < -0.39 is 21.7 Å². The molecular formula is C26H28FN3O4S. The molecule has 3 aromatic carbocycles. The Balaban J connectivity index is 1.79. The molecule has 3 aromatic rings. The Morgan fingerprint density at radius 1 is 0.914 bits per heavy atom. The monoisotopic (exact) mass is 497 g/mol. The number of carbonyl (C=O) groups excluding carboxylic acids is 2. The Kier molecular flexibility index (Phi) is 8.24. The zero-order valence-electron chi connectivity index (χ0n) is 19.8. The second-order valence-corrected chi connectivity index (χ2v) is 10.4. The van der Waals surface area contributed by atoms with Gasteiger partial charge in [-0.1, -0.05) is 44.2 Å². The first-order valence-corrected chi connectivity index (χ1v) is 12.9. The van der Waals surface area contributed by atoms with Crippen LogP contribution in [-0.4, -0.2) is 33.0 Å². The summed E-state index contributed by atoms with van der Waals surface area (Å²) in [5.41, 5.74) is 1.49. The van der Waals surface area contributed by atoms with Gasteiger partial charge in [-0.25, -0.2) is 12.8 Å². The highest BCUT2D eigenvalue weighted by Gasteiger charge is 2.20. The highest BCUT2D eigenvalue weighted by molar-refractivity contribution is 7.92. The van der Waals surface area contributed by atoms with Gasteiger partial charge in [0, 0.05) is 17.7 Å². The smallest absolute Gasteiger partial charge is 0.255 e. The fourth-order valence-electron chi connectivity index (χ4n) is 3.34. The molecule has 9 heteroatoms. The molecule has 0 aliphatic carbocycles. The van der Waals surface area contributed by atoms with Gasteiger partial charge < -0.3 is 10.6 Å². The van der Waals surface area contributed by atoms with Crippen LogP contribution in [0.4, 0.5) is 15.8 Å². The van der Waals surface area contributed by atoms with Crippen LogP contribution in [0.2, 0.25) is 0 Å². The average Bonchev–Trinajstić information content (AvgIpc) is 2.81. The fraction of sp³-hybridized carbons (Fsp3) is 0.231. The molecule has 0 radical (unpaired) electrons. The van der Waals surface area contributed by atoms with Crippen LogP contribution in [0.3, 0.4) is 0 Å². The molecule has 35 heavy (non-hydrogen) atoms. The number of sulfonamides is 1. The highest BCUT2D eigenvalue weighted by Crippen LogP contribution is 2.23. The van der Waals surface area contributed by atoms with Crippen molar-refractivity contribution in [3.63, 3.8) is 0 Å². The molecule has 0 spiro atoms. The molecule has 0 saturated heterocycles. The Morgan fingerprint density at radius 2 is 1.54 bits per heavy atom. The predicted molar refractivity (Wildman–Crippen MR) is 135 cm³/mol. The molecule has 0 atom stereocenters. The van der Waals surface area contributed by atoms with Crippen LogP contribution in [0.1, 0.15) is 40.1 Å². The summed E-state index contributed by atoms with van der Waals surface area (Å²) in [7, 11) is -3.72. The first-order valence-electron chi connectivity index (χ1n) is 11.1. The molecule has 2 N–H and O–H groups in total. The van der Waals surface area contributed by atoms with E-state index in [-0.39, 0.29) is 29.5 Å². The third kappa shape index (κ3) is 6.89. The second kappa shape index (κ2) is 11.1. The number of anilines is 2. The third-order valence-electron chi connectivity index (χ3n) is 5.18. The van der Waals surface area contributed by atoms with Gasteiger partial charge in [0.05, 0.1) is 29.7 Å². The number of halogens is 1. The van der Waals surface area contributed by atoms with Crippen LogP contribution in [0.25, 0.3) is 0 Å². The second-order valence-electron chi connectivity index (χ2n) is 8.51. The SMILES string of the molecule is CC(C)CNC(=O)c1ccccc1NC(=O)c1ccc(N(Cc2ccccc2F)S(C)(=O)=O)cc1. The summed E-state index contributed by atoms with van der Waals surface area (Å²) in [6.07, 6.45) is 1.04.